The molecule has 1 aromatic rings. The molecular weight excluding hydrogens is 238 g/mol. The van der Waals surface area contributed by atoms with Gasteiger partial charge < -0.3 is 0 Å². The summed E-state index contributed by atoms with van der Waals surface area (Å²) in [7, 11) is 0. The summed E-state index contributed by atoms with van der Waals surface area (Å²) < 4.78 is 27.4. The molecule has 0 aliphatic carbocycles. The smallest absolute Gasteiger partial charge is 0.159 e. The Labute approximate surface area is 85.1 Å². The first-order valence-electron chi connectivity index (χ1n) is 4.00. The normalized spacial score (nSPS) is 14.2. The maximum atomic E-state index is 13.5. The van der Waals surface area contributed by atoms with E-state index >= 15 is 0 Å². The molecule has 0 aliphatic heterocycles. The van der Waals surface area contributed by atoms with Gasteiger partial charge in [-0.05, 0) is 19.9 Å². The summed E-state index contributed by atoms with van der Waals surface area (Å²) in [4.78, 5) is 0. The first-order valence-corrected chi connectivity index (χ1v) is 4.79. The van der Waals surface area contributed by atoms with Crippen molar-refractivity contribution in [2.45, 2.75) is 25.7 Å². The quantitative estimate of drug-likeness (QED) is 0.736. The molecule has 0 radical (unpaired) electrons. The van der Waals surface area contributed by atoms with Crippen molar-refractivity contribution in [3.05, 3.63) is 34.3 Å². The van der Waals surface area contributed by atoms with E-state index in [1.54, 1.807) is 24.3 Å². The number of alkyl halides is 2. The third-order valence-electron chi connectivity index (χ3n) is 1.78. The lowest BCUT2D eigenvalue weighted by Gasteiger charge is -2.20. The van der Waals surface area contributed by atoms with Crippen LogP contribution in [0.5, 0.6) is 0 Å². The van der Waals surface area contributed by atoms with Crippen LogP contribution in [0.15, 0.2) is 28.7 Å². The highest BCUT2D eigenvalue weighted by Crippen LogP contribution is 2.36. The standard InChI is InChI=1S/C10H11BrF2/c1-10(2,13)9(12)7-5-3-4-6-8(7)11/h3-6,9H,1-2H3. The molecule has 1 unspecified atom stereocenters. The van der Waals surface area contributed by atoms with Crippen molar-refractivity contribution < 1.29 is 8.78 Å². The summed E-state index contributed by atoms with van der Waals surface area (Å²) in [5, 5.41) is 0. The van der Waals surface area contributed by atoms with Crippen LogP contribution in [0.4, 0.5) is 8.78 Å². The minimum atomic E-state index is -1.84. The molecular formula is C10H11BrF2. The number of rotatable bonds is 2. The van der Waals surface area contributed by atoms with Gasteiger partial charge in [0.1, 0.15) is 5.67 Å². The van der Waals surface area contributed by atoms with Gasteiger partial charge in [0.25, 0.3) is 0 Å². The fraction of sp³-hybridized carbons (Fsp3) is 0.400. The average molecular weight is 249 g/mol. The summed E-state index contributed by atoms with van der Waals surface area (Å²) in [5.41, 5.74) is -1.49. The van der Waals surface area contributed by atoms with Crippen LogP contribution in [0.1, 0.15) is 25.6 Å². The molecule has 0 N–H and O–H groups in total. The van der Waals surface area contributed by atoms with E-state index in [2.05, 4.69) is 15.9 Å². The van der Waals surface area contributed by atoms with Crippen LogP contribution in [-0.2, 0) is 0 Å². The van der Waals surface area contributed by atoms with Gasteiger partial charge >= 0.3 is 0 Å². The second-order valence-corrected chi connectivity index (χ2v) is 4.30. The summed E-state index contributed by atoms with van der Waals surface area (Å²) in [6.45, 7) is 2.47. The van der Waals surface area contributed by atoms with Gasteiger partial charge in [0.05, 0.1) is 0 Å². The van der Waals surface area contributed by atoms with Gasteiger partial charge in [0, 0.05) is 10.0 Å². The number of benzene rings is 1. The molecule has 0 spiro atoms. The van der Waals surface area contributed by atoms with Crippen molar-refractivity contribution in [2.24, 2.45) is 0 Å². The van der Waals surface area contributed by atoms with Crippen molar-refractivity contribution in [1.29, 1.82) is 0 Å². The fourth-order valence-electron chi connectivity index (χ4n) is 1.05. The number of halogens is 3. The molecule has 0 fully saturated rings. The largest absolute Gasteiger partial charge is 0.241 e. The third kappa shape index (κ3) is 2.50. The van der Waals surface area contributed by atoms with E-state index in [4.69, 9.17) is 0 Å². The van der Waals surface area contributed by atoms with Crippen LogP contribution in [0.3, 0.4) is 0 Å². The topological polar surface area (TPSA) is 0 Å². The highest BCUT2D eigenvalue weighted by atomic mass is 79.9. The van der Waals surface area contributed by atoms with Crippen LogP contribution < -0.4 is 0 Å². The molecule has 0 amide bonds. The first-order chi connectivity index (χ1) is 5.93. The van der Waals surface area contributed by atoms with E-state index in [1.807, 2.05) is 0 Å². The maximum Gasteiger partial charge on any atom is 0.159 e. The van der Waals surface area contributed by atoms with Crippen LogP contribution in [0, 0.1) is 0 Å². The highest BCUT2D eigenvalue weighted by molar-refractivity contribution is 9.10. The van der Waals surface area contributed by atoms with Gasteiger partial charge in [-0.25, -0.2) is 8.78 Å². The second kappa shape index (κ2) is 3.74. The van der Waals surface area contributed by atoms with Gasteiger partial charge in [-0.3, -0.25) is 0 Å². The minimum absolute atomic E-state index is 0.356. The van der Waals surface area contributed by atoms with Crippen molar-refractivity contribution in [1.82, 2.24) is 0 Å². The molecule has 0 saturated carbocycles. The van der Waals surface area contributed by atoms with E-state index in [9.17, 15) is 8.78 Å². The molecule has 0 nitrogen and oxygen atoms in total. The van der Waals surface area contributed by atoms with E-state index in [1.165, 1.54) is 13.8 Å². The lowest BCUT2D eigenvalue weighted by atomic mass is 9.98. The predicted molar refractivity (Wildman–Crippen MR) is 53.2 cm³/mol. The van der Waals surface area contributed by atoms with Crippen LogP contribution in [0.2, 0.25) is 0 Å². The number of hydrogen-bond donors (Lipinski definition) is 0. The van der Waals surface area contributed by atoms with Crippen LogP contribution in [0.25, 0.3) is 0 Å². The third-order valence-corrected chi connectivity index (χ3v) is 2.50. The lowest BCUT2D eigenvalue weighted by molar-refractivity contribution is 0.0848. The van der Waals surface area contributed by atoms with Crippen molar-refractivity contribution in [2.75, 3.05) is 0 Å². The average Bonchev–Trinajstić information content (AvgIpc) is 2.02. The Bertz CT molecular complexity index is 291. The zero-order valence-electron chi connectivity index (χ0n) is 7.52. The monoisotopic (exact) mass is 248 g/mol. The Morgan fingerprint density at radius 3 is 2.31 bits per heavy atom. The van der Waals surface area contributed by atoms with Gasteiger partial charge in [0.2, 0.25) is 0 Å². The minimum Gasteiger partial charge on any atom is -0.241 e. The molecule has 3 heteroatoms. The molecule has 0 saturated heterocycles. The highest BCUT2D eigenvalue weighted by Gasteiger charge is 2.31. The zero-order valence-corrected chi connectivity index (χ0v) is 9.11. The van der Waals surface area contributed by atoms with Crippen molar-refractivity contribution >= 4 is 15.9 Å². The van der Waals surface area contributed by atoms with Gasteiger partial charge in [-0.1, -0.05) is 34.1 Å². The van der Waals surface area contributed by atoms with E-state index in [0.717, 1.165) is 0 Å². The second-order valence-electron chi connectivity index (χ2n) is 3.45. The fourth-order valence-corrected chi connectivity index (χ4v) is 1.54. The van der Waals surface area contributed by atoms with Gasteiger partial charge in [-0.2, -0.15) is 0 Å². The summed E-state index contributed by atoms with van der Waals surface area (Å²) >= 11 is 3.18. The molecule has 72 valence electrons. The molecule has 1 atom stereocenters. The van der Waals surface area contributed by atoms with Gasteiger partial charge in [0.15, 0.2) is 6.17 Å². The summed E-state index contributed by atoms with van der Waals surface area (Å²) in [6, 6.07) is 6.74. The molecule has 0 bridgehead atoms. The zero-order chi connectivity index (χ0) is 10.1. The van der Waals surface area contributed by atoms with Crippen LogP contribution in [-0.4, -0.2) is 5.67 Å². The van der Waals surface area contributed by atoms with E-state index < -0.39 is 11.8 Å². The summed E-state index contributed by atoms with van der Waals surface area (Å²) in [5.74, 6) is 0. The van der Waals surface area contributed by atoms with Crippen molar-refractivity contribution in [3.8, 4) is 0 Å². The Kier molecular flexibility index (Phi) is 3.06. The molecule has 0 heterocycles. The Hall–Kier alpha value is -0.440. The molecule has 1 aromatic carbocycles. The van der Waals surface area contributed by atoms with E-state index in [0.29, 0.717) is 10.0 Å². The predicted octanol–water partition coefficient (Wildman–Crippen LogP) is 4.21. The molecule has 13 heavy (non-hydrogen) atoms. The Morgan fingerprint density at radius 2 is 1.85 bits per heavy atom. The molecule has 0 aliphatic rings. The van der Waals surface area contributed by atoms with Gasteiger partial charge in [-0.15, -0.1) is 0 Å². The molecule has 0 aromatic heterocycles. The van der Waals surface area contributed by atoms with E-state index in [-0.39, 0.29) is 0 Å². The summed E-state index contributed by atoms with van der Waals surface area (Å²) in [6.07, 6.45) is -1.59. The van der Waals surface area contributed by atoms with Crippen LogP contribution >= 0.6 is 15.9 Å². The maximum absolute atomic E-state index is 13.5. The number of hydrogen-bond acceptors (Lipinski definition) is 0. The lowest BCUT2D eigenvalue weighted by Crippen LogP contribution is -2.20. The molecule has 1 rings (SSSR count). The SMILES string of the molecule is CC(C)(F)C(F)c1ccccc1Br. The van der Waals surface area contributed by atoms with Crippen molar-refractivity contribution in [3.63, 3.8) is 0 Å². The Balaban J connectivity index is 3.02. The Morgan fingerprint density at radius 1 is 1.31 bits per heavy atom. The first kappa shape index (κ1) is 10.6.